The fraction of sp³-hybridized carbons (Fsp3) is 0.267. The van der Waals surface area contributed by atoms with Crippen LogP contribution >= 0.6 is 0 Å². The Morgan fingerprint density at radius 2 is 1.65 bits per heavy atom. The SMILES string of the molecule is C=C/C=C\C=Cc1ccc(-c2ccc3c(c2)C/C=C(C(C)(C)C)\C=C/NC3(C)C)cc1. The molecule has 160 valence electrons. The van der Waals surface area contributed by atoms with Crippen molar-refractivity contribution >= 4 is 6.08 Å². The van der Waals surface area contributed by atoms with Crippen molar-refractivity contribution in [3.05, 3.63) is 114 Å². The van der Waals surface area contributed by atoms with Crippen molar-refractivity contribution < 1.29 is 0 Å². The minimum atomic E-state index is -0.126. The number of rotatable bonds is 4. The highest BCUT2D eigenvalue weighted by atomic mass is 14.9. The van der Waals surface area contributed by atoms with Gasteiger partial charge in [-0.25, -0.2) is 0 Å². The van der Waals surface area contributed by atoms with Gasteiger partial charge in [0.2, 0.25) is 0 Å². The van der Waals surface area contributed by atoms with Crippen molar-refractivity contribution in [3.63, 3.8) is 0 Å². The van der Waals surface area contributed by atoms with Crippen molar-refractivity contribution in [3.8, 4) is 11.1 Å². The van der Waals surface area contributed by atoms with E-state index in [-0.39, 0.29) is 11.0 Å². The minimum absolute atomic E-state index is 0.120. The Bertz CT molecular complexity index is 1030. The maximum Gasteiger partial charge on any atom is 0.0566 e. The zero-order chi connectivity index (χ0) is 22.5. The quantitative estimate of drug-likeness (QED) is 0.505. The van der Waals surface area contributed by atoms with Gasteiger partial charge in [-0.15, -0.1) is 0 Å². The largest absolute Gasteiger partial charge is 0.382 e. The molecule has 0 atom stereocenters. The van der Waals surface area contributed by atoms with E-state index in [9.17, 15) is 0 Å². The lowest BCUT2D eigenvalue weighted by molar-refractivity contribution is 0.462. The van der Waals surface area contributed by atoms with Crippen LogP contribution in [0.25, 0.3) is 17.2 Å². The van der Waals surface area contributed by atoms with Crippen LogP contribution in [0.3, 0.4) is 0 Å². The fourth-order valence-electron chi connectivity index (χ4n) is 3.91. The standard InChI is InChI=1S/C30H35N/c1-7-8-9-10-11-23-12-14-24(15-13-23)25-17-19-28-26(22-25)16-18-27(29(2,3)4)20-21-31-30(28,5)6/h7-15,17-22,31H,1,16H2,2-6H3/b9-8-,11-10?,21-20-,27-18+. The summed E-state index contributed by atoms with van der Waals surface area (Å²) in [6.07, 6.45) is 17.5. The molecule has 3 rings (SSSR count). The van der Waals surface area contributed by atoms with Crippen LogP contribution in [0.5, 0.6) is 0 Å². The molecule has 1 heteroatoms. The first-order valence-electron chi connectivity index (χ1n) is 11.1. The van der Waals surface area contributed by atoms with Crippen LogP contribution in [-0.2, 0) is 12.0 Å². The smallest absolute Gasteiger partial charge is 0.0566 e. The number of hydrogen-bond donors (Lipinski definition) is 1. The molecule has 0 fully saturated rings. The number of hydrogen-bond acceptors (Lipinski definition) is 1. The van der Waals surface area contributed by atoms with Gasteiger partial charge in [0.05, 0.1) is 5.54 Å². The van der Waals surface area contributed by atoms with Crippen molar-refractivity contribution in [1.82, 2.24) is 5.32 Å². The molecule has 1 nitrogen and oxygen atoms in total. The van der Waals surface area contributed by atoms with E-state index in [0.717, 1.165) is 6.42 Å². The highest BCUT2D eigenvalue weighted by Gasteiger charge is 2.24. The van der Waals surface area contributed by atoms with Gasteiger partial charge in [-0.1, -0.05) is 106 Å². The third-order valence-corrected chi connectivity index (χ3v) is 5.78. The van der Waals surface area contributed by atoms with Gasteiger partial charge in [0.1, 0.15) is 0 Å². The first kappa shape index (κ1) is 22.6. The van der Waals surface area contributed by atoms with Gasteiger partial charge in [0, 0.05) is 0 Å². The monoisotopic (exact) mass is 409 g/mol. The molecule has 0 aliphatic carbocycles. The van der Waals surface area contributed by atoms with Crippen LogP contribution < -0.4 is 5.32 Å². The molecule has 0 unspecified atom stereocenters. The second-order valence-corrected chi connectivity index (χ2v) is 9.69. The first-order chi connectivity index (χ1) is 14.7. The van der Waals surface area contributed by atoms with Crippen molar-refractivity contribution in [2.75, 3.05) is 0 Å². The number of allylic oxidation sites excluding steroid dienone is 7. The van der Waals surface area contributed by atoms with Crippen LogP contribution in [0.2, 0.25) is 0 Å². The maximum atomic E-state index is 3.69. The third kappa shape index (κ3) is 5.76. The van der Waals surface area contributed by atoms with Crippen LogP contribution in [0.15, 0.2) is 97.3 Å². The summed E-state index contributed by atoms with van der Waals surface area (Å²) in [5.41, 5.74) is 7.76. The average Bonchev–Trinajstić information content (AvgIpc) is 2.79. The van der Waals surface area contributed by atoms with E-state index in [1.54, 1.807) is 6.08 Å². The molecule has 0 amide bonds. The summed E-state index contributed by atoms with van der Waals surface area (Å²) in [7, 11) is 0. The molecule has 0 saturated carbocycles. The van der Waals surface area contributed by atoms with Gasteiger partial charge < -0.3 is 5.32 Å². The topological polar surface area (TPSA) is 12.0 Å². The van der Waals surface area contributed by atoms with E-state index in [4.69, 9.17) is 0 Å². The Balaban J connectivity index is 1.95. The molecule has 0 spiro atoms. The molecular formula is C30H35N. The number of fused-ring (bicyclic) bond motifs is 1. The molecule has 1 aliphatic rings. The maximum absolute atomic E-state index is 3.69. The lowest BCUT2D eigenvalue weighted by Gasteiger charge is -2.28. The summed E-state index contributed by atoms with van der Waals surface area (Å²) < 4.78 is 0. The van der Waals surface area contributed by atoms with Crippen molar-refractivity contribution in [2.24, 2.45) is 5.41 Å². The molecular weight excluding hydrogens is 374 g/mol. The van der Waals surface area contributed by atoms with Gasteiger partial charge >= 0.3 is 0 Å². The molecule has 0 bridgehead atoms. The summed E-state index contributed by atoms with van der Waals surface area (Å²) in [5.74, 6) is 0. The van der Waals surface area contributed by atoms with Crippen LogP contribution in [0, 0.1) is 5.41 Å². The van der Waals surface area contributed by atoms with E-state index in [0.29, 0.717) is 0 Å². The summed E-state index contributed by atoms with van der Waals surface area (Å²) in [5, 5.41) is 3.61. The molecule has 1 heterocycles. The van der Waals surface area contributed by atoms with Crippen LogP contribution in [0.1, 0.15) is 51.3 Å². The lowest BCUT2D eigenvalue weighted by atomic mass is 9.84. The van der Waals surface area contributed by atoms with E-state index >= 15 is 0 Å². The van der Waals surface area contributed by atoms with E-state index < -0.39 is 0 Å². The molecule has 2 aromatic rings. The summed E-state index contributed by atoms with van der Waals surface area (Å²) >= 11 is 0. The van der Waals surface area contributed by atoms with E-state index in [1.807, 2.05) is 18.2 Å². The Kier molecular flexibility index (Phi) is 6.85. The molecule has 1 aliphatic heterocycles. The molecule has 0 radical (unpaired) electrons. The third-order valence-electron chi connectivity index (χ3n) is 5.78. The average molecular weight is 410 g/mol. The van der Waals surface area contributed by atoms with Gasteiger partial charge in [-0.2, -0.15) is 0 Å². The zero-order valence-electron chi connectivity index (χ0n) is 19.6. The minimum Gasteiger partial charge on any atom is -0.382 e. The van der Waals surface area contributed by atoms with E-state index in [2.05, 4.69) is 113 Å². The second kappa shape index (κ2) is 9.39. The molecule has 0 saturated heterocycles. The summed E-state index contributed by atoms with van der Waals surface area (Å²) in [4.78, 5) is 0. The highest BCUT2D eigenvalue weighted by Crippen LogP contribution is 2.33. The first-order valence-corrected chi connectivity index (χ1v) is 11.1. The Labute approximate surface area is 188 Å². The summed E-state index contributed by atoms with van der Waals surface area (Å²) in [6, 6.07) is 15.6. The Morgan fingerprint density at radius 1 is 0.935 bits per heavy atom. The van der Waals surface area contributed by atoms with Crippen molar-refractivity contribution in [2.45, 2.75) is 46.6 Å². The predicted molar refractivity (Wildman–Crippen MR) is 137 cm³/mol. The lowest BCUT2D eigenvalue weighted by Crippen LogP contribution is -2.33. The zero-order valence-corrected chi connectivity index (χ0v) is 19.6. The predicted octanol–water partition coefficient (Wildman–Crippen LogP) is 7.98. The molecule has 1 N–H and O–H groups in total. The normalized spacial score (nSPS) is 18.9. The van der Waals surface area contributed by atoms with Crippen LogP contribution in [-0.4, -0.2) is 0 Å². The van der Waals surface area contributed by atoms with Gasteiger partial charge in [0.25, 0.3) is 0 Å². The molecule has 0 aromatic heterocycles. The fourth-order valence-corrected chi connectivity index (χ4v) is 3.91. The highest BCUT2D eigenvalue weighted by molar-refractivity contribution is 5.67. The van der Waals surface area contributed by atoms with Gasteiger partial charge in [-0.05, 0) is 71.3 Å². The Hall–Kier alpha value is -3.06. The summed E-state index contributed by atoms with van der Waals surface area (Å²) in [6.45, 7) is 15.0. The number of nitrogens with one attached hydrogen (secondary N) is 1. The van der Waals surface area contributed by atoms with E-state index in [1.165, 1.54) is 33.4 Å². The molecule has 31 heavy (non-hydrogen) atoms. The van der Waals surface area contributed by atoms with Gasteiger partial charge in [0.15, 0.2) is 0 Å². The molecule has 2 aromatic carbocycles. The number of benzene rings is 2. The van der Waals surface area contributed by atoms with Crippen molar-refractivity contribution in [1.29, 1.82) is 0 Å². The van der Waals surface area contributed by atoms with Gasteiger partial charge in [-0.3, -0.25) is 0 Å². The van der Waals surface area contributed by atoms with Crippen LogP contribution in [0.4, 0.5) is 0 Å². The second-order valence-electron chi connectivity index (χ2n) is 9.69. The Morgan fingerprint density at radius 3 is 2.32 bits per heavy atom.